The minimum Gasteiger partial charge on any atom is -0.276 e. The van der Waals surface area contributed by atoms with Crippen LogP contribution in [0.15, 0.2) is 125 Å². The number of hydrogen-bond acceptors (Lipinski definition) is 5. The number of para-hydroxylation sites is 3. The number of hydrogen-bond donors (Lipinski definition) is 0. The van der Waals surface area contributed by atoms with Gasteiger partial charge in [-0.25, -0.2) is 20.0 Å². The van der Waals surface area contributed by atoms with Gasteiger partial charge in [0.2, 0.25) is 5.11 Å². The van der Waals surface area contributed by atoms with E-state index in [-0.39, 0.29) is 11.8 Å². The number of anilines is 4. The van der Waals surface area contributed by atoms with Gasteiger partial charge in [0.1, 0.15) is 5.82 Å². The third-order valence-electron chi connectivity index (χ3n) is 10.6. The number of aryl methyl sites for hydroxylation is 5. The second-order valence-electron chi connectivity index (χ2n) is 16.1. The summed E-state index contributed by atoms with van der Waals surface area (Å²) in [5.74, 6) is 2.91. The first-order valence-electron chi connectivity index (χ1n) is 19.7. The van der Waals surface area contributed by atoms with Crippen LogP contribution in [0.1, 0.15) is 78.5 Å². The molecule has 2 aliphatic heterocycles. The molecular formula is C50H48N6S. The Morgan fingerprint density at radius 2 is 0.965 bits per heavy atom. The van der Waals surface area contributed by atoms with Gasteiger partial charge in [-0.3, -0.25) is 9.80 Å². The van der Waals surface area contributed by atoms with Crippen LogP contribution in [0, 0.1) is 34.6 Å². The van der Waals surface area contributed by atoms with E-state index in [1.165, 1.54) is 38.9 Å². The molecule has 0 radical (unpaired) electrons. The van der Waals surface area contributed by atoms with Gasteiger partial charge in [0.15, 0.2) is 11.6 Å². The Balaban J connectivity index is 1.56. The zero-order chi connectivity index (χ0) is 40.1. The Morgan fingerprint density at radius 1 is 0.526 bits per heavy atom. The summed E-state index contributed by atoms with van der Waals surface area (Å²) in [5, 5.41) is 0.319. The molecule has 0 bridgehead atoms. The van der Waals surface area contributed by atoms with Crippen LogP contribution < -0.4 is 9.80 Å². The fraction of sp³-hybridized carbons (Fsp3) is 0.220. The molecule has 0 amide bonds. The van der Waals surface area contributed by atoms with E-state index in [0.29, 0.717) is 5.11 Å². The second kappa shape index (κ2) is 15.1. The van der Waals surface area contributed by atoms with Crippen molar-refractivity contribution in [1.82, 2.24) is 9.97 Å². The number of aromatic nitrogens is 2. The summed E-state index contributed by atoms with van der Waals surface area (Å²) in [6.07, 6.45) is 7.81. The summed E-state index contributed by atoms with van der Waals surface area (Å²) in [6.45, 7) is 20.0. The van der Waals surface area contributed by atoms with E-state index in [0.717, 1.165) is 67.7 Å². The highest BCUT2D eigenvalue weighted by molar-refractivity contribution is 7.80. The molecule has 2 aliphatic rings. The largest absolute Gasteiger partial charge is 0.276 e. The van der Waals surface area contributed by atoms with Gasteiger partial charge in [0.25, 0.3) is 0 Å². The molecular weight excluding hydrogens is 717 g/mol. The van der Waals surface area contributed by atoms with Crippen LogP contribution in [0.3, 0.4) is 0 Å². The van der Waals surface area contributed by atoms with Crippen molar-refractivity contribution in [2.45, 2.75) is 74.1 Å². The van der Waals surface area contributed by atoms with Crippen molar-refractivity contribution < 1.29 is 0 Å². The van der Waals surface area contributed by atoms with E-state index in [1.807, 2.05) is 12.1 Å². The van der Waals surface area contributed by atoms with Gasteiger partial charge in [-0.15, -0.1) is 0 Å². The highest BCUT2D eigenvalue weighted by Crippen LogP contribution is 2.55. The highest BCUT2D eigenvalue weighted by Gasteiger charge is 2.41. The predicted octanol–water partition coefficient (Wildman–Crippen LogP) is 13.3. The SMILES string of the molecule is Cc1cc(C)cc(-c2cc(C)cc(-c3cc(C)cc(C)c3)c2N2/C(=C/C=C3C=NC(=S)N=C3)N(c3c(C(C)C)cccc3C(C)C)c3nc4ccccc4nc32)c1. The third kappa shape index (κ3) is 7.24. The number of rotatable bonds is 7. The summed E-state index contributed by atoms with van der Waals surface area (Å²) in [7, 11) is 0. The molecule has 0 saturated heterocycles. The van der Waals surface area contributed by atoms with Crippen LogP contribution in [0.25, 0.3) is 33.3 Å². The Bertz CT molecular complexity index is 2580. The van der Waals surface area contributed by atoms with Gasteiger partial charge < -0.3 is 0 Å². The van der Waals surface area contributed by atoms with Gasteiger partial charge in [0, 0.05) is 29.1 Å². The van der Waals surface area contributed by atoms with Crippen molar-refractivity contribution in [2.24, 2.45) is 9.98 Å². The lowest BCUT2D eigenvalue weighted by Gasteiger charge is -2.32. The average molecular weight is 765 g/mol. The van der Waals surface area contributed by atoms with Crippen LogP contribution in [0.4, 0.5) is 23.0 Å². The lowest BCUT2D eigenvalue weighted by atomic mass is 9.90. The third-order valence-corrected chi connectivity index (χ3v) is 10.8. The standard InChI is InChI=1S/C50H48N6S/c1-29(2)39-13-12-14-40(30(3)4)46(39)55-45(18-17-36-27-51-50(57)52-28-36)56(49-48(55)53-43-15-10-11-16-44(43)54-49)47-41(37-21-31(5)19-32(6)22-37)25-35(9)26-42(47)38-23-33(7)20-34(8)24-38/h10-30H,1-9H3/b45-18+. The molecule has 0 saturated carbocycles. The van der Waals surface area contributed by atoms with Gasteiger partial charge in [-0.1, -0.05) is 117 Å². The zero-order valence-corrected chi connectivity index (χ0v) is 35.0. The van der Waals surface area contributed by atoms with E-state index >= 15 is 0 Å². The van der Waals surface area contributed by atoms with E-state index in [4.69, 9.17) is 22.2 Å². The zero-order valence-electron chi connectivity index (χ0n) is 34.2. The van der Waals surface area contributed by atoms with Crippen LogP contribution >= 0.6 is 12.2 Å². The molecule has 6 aromatic rings. The highest BCUT2D eigenvalue weighted by atomic mass is 32.1. The number of thiocarbonyl (C=S) groups is 1. The van der Waals surface area contributed by atoms with Gasteiger partial charge in [0.05, 0.1) is 22.4 Å². The number of fused-ring (bicyclic) bond motifs is 2. The summed E-state index contributed by atoms with van der Waals surface area (Å²) in [4.78, 5) is 24.5. The Morgan fingerprint density at radius 3 is 1.42 bits per heavy atom. The molecule has 1 aromatic heterocycles. The number of allylic oxidation sites excluding steroid dienone is 3. The van der Waals surface area contributed by atoms with Gasteiger partial charge in [-0.05, 0) is 123 Å². The minimum absolute atomic E-state index is 0.235. The van der Waals surface area contributed by atoms with Crippen molar-refractivity contribution in [1.29, 1.82) is 0 Å². The smallest absolute Gasteiger partial charge is 0.219 e. The lowest BCUT2D eigenvalue weighted by Crippen LogP contribution is -2.25. The van der Waals surface area contributed by atoms with Crippen LogP contribution in [-0.2, 0) is 0 Å². The van der Waals surface area contributed by atoms with Crippen molar-refractivity contribution in [2.75, 3.05) is 9.80 Å². The van der Waals surface area contributed by atoms with E-state index in [2.05, 4.69) is 173 Å². The molecule has 0 unspecified atom stereocenters. The molecule has 6 nitrogen and oxygen atoms in total. The number of benzene rings is 5. The number of nitrogens with zero attached hydrogens (tertiary/aromatic N) is 6. The van der Waals surface area contributed by atoms with Gasteiger partial charge >= 0.3 is 0 Å². The first-order chi connectivity index (χ1) is 27.4. The monoisotopic (exact) mass is 764 g/mol. The first kappa shape index (κ1) is 37.9. The molecule has 284 valence electrons. The molecule has 5 aromatic carbocycles. The van der Waals surface area contributed by atoms with Crippen molar-refractivity contribution in [3.63, 3.8) is 0 Å². The molecule has 0 spiro atoms. The molecule has 3 heterocycles. The van der Waals surface area contributed by atoms with Crippen molar-refractivity contribution in [3.8, 4) is 22.3 Å². The molecule has 57 heavy (non-hydrogen) atoms. The molecule has 0 fully saturated rings. The van der Waals surface area contributed by atoms with E-state index in [9.17, 15) is 0 Å². The van der Waals surface area contributed by atoms with Crippen molar-refractivity contribution in [3.05, 3.63) is 153 Å². The van der Waals surface area contributed by atoms with Crippen LogP contribution in [0.5, 0.6) is 0 Å². The average Bonchev–Trinajstić information content (AvgIpc) is 3.47. The lowest BCUT2D eigenvalue weighted by molar-refractivity contribution is 0.827. The quantitative estimate of drug-likeness (QED) is 0.152. The molecule has 0 N–H and O–H groups in total. The summed E-state index contributed by atoms with van der Waals surface area (Å²) >= 11 is 5.28. The maximum absolute atomic E-state index is 5.55. The second-order valence-corrected chi connectivity index (χ2v) is 16.4. The summed E-state index contributed by atoms with van der Waals surface area (Å²) < 4.78 is 0. The maximum Gasteiger partial charge on any atom is 0.219 e. The molecule has 0 atom stereocenters. The Labute approximate surface area is 342 Å². The molecule has 8 rings (SSSR count). The molecule has 7 heteroatoms. The summed E-state index contributed by atoms with van der Waals surface area (Å²) in [5.41, 5.74) is 17.7. The fourth-order valence-corrected chi connectivity index (χ4v) is 8.37. The maximum atomic E-state index is 5.55. The van der Waals surface area contributed by atoms with E-state index < -0.39 is 0 Å². The Hall–Kier alpha value is -6.05. The van der Waals surface area contributed by atoms with E-state index in [1.54, 1.807) is 12.4 Å². The minimum atomic E-state index is 0.235. The predicted molar refractivity (Wildman–Crippen MR) is 245 cm³/mol. The van der Waals surface area contributed by atoms with Crippen molar-refractivity contribution >= 4 is 63.8 Å². The van der Waals surface area contributed by atoms with Gasteiger partial charge in [-0.2, -0.15) is 0 Å². The first-order valence-corrected chi connectivity index (χ1v) is 20.1. The van der Waals surface area contributed by atoms with Crippen LogP contribution in [0.2, 0.25) is 0 Å². The molecule has 0 aliphatic carbocycles. The normalized spacial score (nSPS) is 14.5. The topological polar surface area (TPSA) is 57.0 Å². The summed E-state index contributed by atoms with van der Waals surface area (Å²) in [6, 6.07) is 33.2. The fourth-order valence-electron chi connectivity index (χ4n) is 8.26. The van der Waals surface area contributed by atoms with Crippen LogP contribution in [-0.4, -0.2) is 27.5 Å². The Kier molecular flexibility index (Phi) is 10.0. The number of aliphatic imine (C=N–C) groups is 2.